The van der Waals surface area contributed by atoms with Crippen LogP contribution < -0.4 is 20.7 Å². The van der Waals surface area contributed by atoms with Gasteiger partial charge in [-0.15, -0.1) is 0 Å². The van der Waals surface area contributed by atoms with Gasteiger partial charge in [0.25, 0.3) is 0 Å². The minimum Gasteiger partial charge on any atom is -0.439 e. The Morgan fingerprint density at radius 3 is 1.66 bits per heavy atom. The van der Waals surface area contributed by atoms with Crippen LogP contribution in [0, 0.1) is 0 Å². The van der Waals surface area contributed by atoms with E-state index in [4.69, 9.17) is 4.42 Å². The van der Waals surface area contributed by atoms with Gasteiger partial charge in [0.2, 0.25) is 5.71 Å². The van der Waals surface area contributed by atoms with Crippen LogP contribution in [0.25, 0.3) is 38.7 Å². The molecule has 3 heterocycles. The Morgan fingerprint density at radius 2 is 1.05 bits per heavy atom. The first-order valence-corrected chi connectivity index (χ1v) is 15.9. The molecule has 0 fully saturated rings. The second-order valence-electron chi connectivity index (χ2n) is 10.4. The number of hydrogen-bond acceptors (Lipinski definition) is 2. The Kier molecular flexibility index (Phi) is 5.47. The molecule has 3 nitrogen and oxygen atoms in total. The summed E-state index contributed by atoms with van der Waals surface area (Å²) in [5.74, 6) is 0. The van der Waals surface area contributed by atoms with Gasteiger partial charge in [0.15, 0.2) is 8.07 Å². The minimum absolute atomic E-state index is 0.847. The van der Waals surface area contributed by atoms with E-state index in [1.807, 2.05) is 24.5 Å². The second kappa shape index (κ2) is 9.47. The second-order valence-corrected chi connectivity index (χ2v) is 14.2. The molecule has 0 aliphatic carbocycles. The van der Waals surface area contributed by atoms with Crippen LogP contribution in [-0.2, 0) is 0 Å². The van der Waals surface area contributed by atoms with Crippen LogP contribution in [0.2, 0.25) is 0 Å². The molecule has 0 saturated heterocycles. The van der Waals surface area contributed by atoms with Crippen LogP contribution in [0.3, 0.4) is 0 Å². The van der Waals surface area contributed by atoms with Gasteiger partial charge in [0.1, 0.15) is 5.58 Å². The summed E-state index contributed by atoms with van der Waals surface area (Å²) in [4.78, 5) is 4.47. The van der Waals surface area contributed by atoms with Gasteiger partial charge in [-0.25, -0.2) is 0 Å². The van der Waals surface area contributed by atoms with Crippen molar-refractivity contribution in [1.29, 1.82) is 0 Å². The zero-order valence-electron chi connectivity index (χ0n) is 22.3. The topological polar surface area (TPSA) is 31.0 Å². The maximum absolute atomic E-state index is 6.47. The Morgan fingerprint density at radius 1 is 0.512 bits per heavy atom. The fourth-order valence-electron chi connectivity index (χ4n) is 6.52. The maximum atomic E-state index is 6.47. The Balaban J connectivity index is 1.39. The van der Waals surface area contributed by atoms with E-state index in [2.05, 4.69) is 143 Å². The molecular formula is C37H26N2OSi. The van der Waals surface area contributed by atoms with Crippen molar-refractivity contribution in [2.24, 2.45) is 0 Å². The molecule has 5 aromatic carbocycles. The molecule has 3 aromatic heterocycles. The average Bonchev–Trinajstić information content (AvgIpc) is 3.58. The highest BCUT2D eigenvalue weighted by Gasteiger charge is 2.41. The number of aromatic nitrogens is 2. The van der Waals surface area contributed by atoms with E-state index in [-0.39, 0.29) is 0 Å². The summed E-state index contributed by atoms with van der Waals surface area (Å²) < 4.78 is 8.68. The quantitative estimate of drug-likeness (QED) is 0.189. The van der Waals surface area contributed by atoms with Crippen LogP contribution in [0.5, 0.6) is 0 Å². The third-order valence-corrected chi connectivity index (χ3v) is 13.1. The fraction of sp³-hybridized carbons (Fsp3) is 0. The molecular weight excluding hydrogens is 517 g/mol. The number of pyridine rings is 1. The Labute approximate surface area is 239 Å². The molecule has 0 amide bonds. The predicted octanol–water partition coefficient (Wildman–Crippen LogP) is 6.30. The zero-order valence-corrected chi connectivity index (χ0v) is 23.3. The molecule has 194 valence electrons. The first kappa shape index (κ1) is 23.7. The van der Waals surface area contributed by atoms with Gasteiger partial charge in [-0.3, -0.25) is 9.55 Å². The summed E-state index contributed by atoms with van der Waals surface area (Å²) in [5.41, 5.74) is 3.83. The highest BCUT2D eigenvalue weighted by Crippen LogP contribution is 2.38. The monoisotopic (exact) mass is 542 g/mol. The molecule has 0 unspecified atom stereocenters. The van der Waals surface area contributed by atoms with Crippen LogP contribution in [0.15, 0.2) is 162 Å². The summed E-state index contributed by atoms with van der Waals surface area (Å²) in [7, 11) is -2.59. The summed E-state index contributed by atoms with van der Waals surface area (Å²) in [6, 6.07) is 52.5. The summed E-state index contributed by atoms with van der Waals surface area (Å²) in [6.07, 6.45) is 3.79. The molecule has 0 bridgehead atoms. The number of rotatable bonds is 5. The number of nitrogens with zero attached hydrogens (tertiary/aromatic N) is 2. The number of hydrogen-bond donors (Lipinski definition) is 0. The third-order valence-electron chi connectivity index (χ3n) is 8.27. The van der Waals surface area contributed by atoms with Gasteiger partial charge < -0.3 is 4.42 Å². The van der Waals surface area contributed by atoms with Crippen molar-refractivity contribution in [2.75, 3.05) is 0 Å². The van der Waals surface area contributed by atoms with E-state index in [1.54, 1.807) is 0 Å². The SMILES string of the molecule is c1ccc([Si](c2ccccc2)(c2ccccc2)c2ccc(-n3c4cnccc4c4c5ccccc5oc43)cc2)cc1. The molecule has 0 aliphatic rings. The average molecular weight is 543 g/mol. The fourth-order valence-corrected chi connectivity index (χ4v) is 11.3. The lowest BCUT2D eigenvalue weighted by Gasteiger charge is -2.34. The molecule has 0 radical (unpaired) electrons. The highest BCUT2D eigenvalue weighted by molar-refractivity contribution is 7.19. The molecule has 8 aromatic rings. The van der Waals surface area contributed by atoms with E-state index in [0.717, 1.165) is 38.7 Å². The van der Waals surface area contributed by atoms with E-state index < -0.39 is 8.07 Å². The lowest BCUT2D eigenvalue weighted by molar-refractivity contribution is 0.645. The van der Waals surface area contributed by atoms with Crippen molar-refractivity contribution >= 4 is 61.8 Å². The molecule has 41 heavy (non-hydrogen) atoms. The van der Waals surface area contributed by atoms with Crippen LogP contribution in [0.4, 0.5) is 0 Å². The number of fused-ring (bicyclic) bond motifs is 5. The molecule has 0 spiro atoms. The van der Waals surface area contributed by atoms with E-state index in [9.17, 15) is 0 Å². The van der Waals surface area contributed by atoms with Crippen molar-refractivity contribution in [3.63, 3.8) is 0 Å². The van der Waals surface area contributed by atoms with Crippen molar-refractivity contribution in [1.82, 2.24) is 9.55 Å². The summed E-state index contributed by atoms with van der Waals surface area (Å²) in [6.45, 7) is 0. The lowest BCUT2D eigenvalue weighted by Crippen LogP contribution is -2.74. The standard InChI is InChI=1S/C37H26N2OSi/c1-4-12-28(13-5-1)41(29-14-6-2-7-15-29,30-16-8-3-9-17-30)31-22-20-27(21-23-31)39-34-26-38-25-24-32(34)36-33-18-10-11-19-35(33)40-37(36)39/h1-26H. The number of furan rings is 1. The summed E-state index contributed by atoms with van der Waals surface area (Å²) in [5, 5.41) is 8.81. The van der Waals surface area contributed by atoms with Gasteiger partial charge in [-0.1, -0.05) is 121 Å². The largest absolute Gasteiger partial charge is 0.439 e. The van der Waals surface area contributed by atoms with Crippen LogP contribution in [0.1, 0.15) is 0 Å². The van der Waals surface area contributed by atoms with Crippen molar-refractivity contribution in [3.05, 3.63) is 158 Å². The zero-order chi connectivity index (χ0) is 27.2. The van der Waals surface area contributed by atoms with Gasteiger partial charge in [-0.05, 0) is 45.0 Å². The first-order chi connectivity index (χ1) is 20.4. The molecule has 0 N–H and O–H groups in total. The minimum atomic E-state index is -2.59. The van der Waals surface area contributed by atoms with Crippen molar-refractivity contribution in [3.8, 4) is 5.69 Å². The molecule has 4 heteroatoms. The first-order valence-electron chi connectivity index (χ1n) is 13.9. The van der Waals surface area contributed by atoms with Gasteiger partial charge >= 0.3 is 0 Å². The smallest absolute Gasteiger partial charge is 0.213 e. The molecule has 0 saturated carbocycles. The lowest BCUT2D eigenvalue weighted by atomic mass is 10.1. The summed E-state index contributed by atoms with van der Waals surface area (Å²) >= 11 is 0. The van der Waals surface area contributed by atoms with E-state index in [1.165, 1.54) is 20.7 Å². The van der Waals surface area contributed by atoms with Gasteiger partial charge in [0.05, 0.1) is 17.1 Å². The Bertz CT molecular complexity index is 2030. The van der Waals surface area contributed by atoms with Crippen molar-refractivity contribution < 1.29 is 4.42 Å². The van der Waals surface area contributed by atoms with Crippen LogP contribution >= 0.6 is 0 Å². The van der Waals surface area contributed by atoms with Gasteiger partial charge in [-0.2, -0.15) is 0 Å². The number of benzene rings is 5. The Hall–Kier alpha value is -5.19. The molecule has 8 rings (SSSR count). The highest BCUT2D eigenvalue weighted by atomic mass is 28.3. The van der Waals surface area contributed by atoms with E-state index in [0.29, 0.717) is 0 Å². The van der Waals surface area contributed by atoms with Gasteiger partial charge in [0, 0.05) is 22.7 Å². The molecule has 0 atom stereocenters. The van der Waals surface area contributed by atoms with Crippen molar-refractivity contribution in [2.45, 2.75) is 0 Å². The van der Waals surface area contributed by atoms with E-state index >= 15 is 0 Å². The maximum Gasteiger partial charge on any atom is 0.213 e. The number of para-hydroxylation sites is 1. The normalized spacial score (nSPS) is 11.9. The van der Waals surface area contributed by atoms with Crippen LogP contribution in [-0.4, -0.2) is 17.6 Å². The molecule has 0 aliphatic heterocycles. The third kappa shape index (κ3) is 3.54. The predicted molar refractivity (Wildman–Crippen MR) is 172 cm³/mol.